The summed E-state index contributed by atoms with van der Waals surface area (Å²) in [4.78, 5) is 35.6. The van der Waals surface area contributed by atoms with E-state index < -0.39 is 34.5 Å². The van der Waals surface area contributed by atoms with Gasteiger partial charge in [0.15, 0.2) is 6.61 Å². The summed E-state index contributed by atoms with van der Waals surface area (Å²) < 4.78 is 41.7. The van der Waals surface area contributed by atoms with Crippen LogP contribution in [0.1, 0.15) is 20.7 Å². The minimum Gasteiger partial charge on any atom is -0.465 e. The molecule has 0 saturated carbocycles. The van der Waals surface area contributed by atoms with Crippen molar-refractivity contribution in [3.05, 3.63) is 58.6 Å². The Balaban J connectivity index is 1.62. The first-order valence-electron chi connectivity index (χ1n) is 9.75. The van der Waals surface area contributed by atoms with Crippen LogP contribution in [0.25, 0.3) is 0 Å². The molecule has 33 heavy (non-hydrogen) atoms. The van der Waals surface area contributed by atoms with Crippen molar-refractivity contribution in [2.75, 3.05) is 45.3 Å². The van der Waals surface area contributed by atoms with Gasteiger partial charge in [0.05, 0.1) is 36.5 Å². The Kier molecular flexibility index (Phi) is 8.03. The summed E-state index contributed by atoms with van der Waals surface area (Å²) in [5.41, 5.74) is 0.577. The molecule has 1 fully saturated rings. The number of rotatable bonds is 7. The van der Waals surface area contributed by atoms with E-state index in [1.54, 1.807) is 0 Å². The van der Waals surface area contributed by atoms with Gasteiger partial charge in [-0.25, -0.2) is 18.0 Å². The lowest BCUT2D eigenvalue weighted by molar-refractivity contribution is -0.119. The van der Waals surface area contributed by atoms with Crippen molar-refractivity contribution < 1.29 is 37.0 Å². The number of ether oxygens (including phenoxy) is 3. The Morgan fingerprint density at radius 3 is 2.24 bits per heavy atom. The van der Waals surface area contributed by atoms with Crippen LogP contribution in [0, 0.1) is 0 Å². The molecule has 0 aromatic heterocycles. The Labute approximate surface area is 195 Å². The van der Waals surface area contributed by atoms with Gasteiger partial charge in [-0.3, -0.25) is 4.79 Å². The smallest absolute Gasteiger partial charge is 0.338 e. The molecule has 1 aliphatic heterocycles. The standard InChI is InChI=1S/C21H21ClN2O8S/c1-30-20(26)14-2-4-15(5-3-14)21(27)32-13-19(25)23-16-6-7-17(22)18(12-16)33(28,29)24-8-10-31-11-9-24/h2-7,12H,8-11,13H2,1H3,(H,23,25). The molecule has 0 bridgehead atoms. The Bertz CT molecular complexity index is 1150. The summed E-state index contributed by atoms with van der Waals surface area (Å²) in [6, 6.07) is 9.58. The second-order valence-corrected chi connectivity index (χ2v) is 9.17. The predicted molar refractivity (Wildman–Crippen MR) is 118 cm³/mol. The lowest BCUT2D eigenvalue weighted by Crippen LogP contribution is -2.40. The maximum Gasteiger partial charge on any atom is 0.338 e. The maximum atomic E-state index is 12.9. The third-order valence-corrected chi connectivity index (χ3v) is 7.06. The molecule has 12 heteroatoms. The molecule has 1 N–H and O–H groups in total. The number of nitrogens with one attached hydrogen (secondary N) is 1. The molecule has 0 atom stereocenters. The van der Waals surface area contributed by atoms with Crippen molar-refractivity contribution in [2.45, 2.75) is 4.90 Å². The number of morpholine rings is 1. The third kappa shape index (κ3) is 6.08. The van der Waals surface area contributed by atoms with Crippen LogP contribution < -0.4 is 5.32 Å². The van der Waals surface area contributed by atoms with E-state index in [9.17, 15) is 22.8 Å². The second kappa shape index (κ2) is 10.8. The van der Waals surface area contributed by atoms with E-state index in [2.05, 4.69) is 10.1 Å². The number of amides is 1. The Morgan fingerprint density at radius 2 is 1.64 bits per heavy atom. The zero-order valence-corrected chi connectivity index (χ0v) is 19.1. The van der Waals surface area contributed by atoms with Gasteiger partial charge in [0, 0.05) is 18.8 Å². The van der Waals surface area contributed by atoms with Crippen LogP contribution in [0.2, 0.25) is 5.02 Å². The van der Waals surface area contributed by atoms with Gasteiger partial charge < -0.3 is 19.5 Å². The average molecular weight is 497 g/mol. The molecule has 3 rings (SSSR count). The Morgan fingerprint density at radius 1 is 1.03 bits per heavy atom. The first kappa shape index (κ1) is 24.6. The van der Waals surface area contributed by atoms with Gasteiger partial charge in [-0.05, 0) is 42.5 Å². The summed E-state index contributed by atoms with van der Waals surface area (Å²) in [6.45, 7) is 0.359. The van der Waals surface area contributed by atoms with Gasteiger partial charge in [-0.1, -0.05) is 11.6 Å². The number of hydrogen-bond donors (Lipinski definition) is 1. The number of hydrogen-bond acceptors (Lipinski definition) is 8. The van der Waals surface area contributed by atoms with Crippen molar-refractivity contribution in [2.24, 2.45) is 0 Å². The van der Waals surface area contributed by atoms with Crippen LogP contribution in [0.3, 0.4) is 0 Å². The summed E-state index contributed by atoms with van der Waals surface area (Å²) >= 11 is 6.10. The number of nitrogens with zero attached hydrogens (tertiary/aromatic N) is 1. The minimum absolute atomic E-state index is 0.0151. The number of methoxy groups -OCH3 is 1. The van der Waals surface area contributed by atoms with Crippen LogP contribution in [0.15, 0.2) is 47.4 Å². The maximum absolute atomic E-state index is 12.9. The van der Waals surface area contributed by atoms with Crippen molar-refractivity contribution in [1.82, 2.24) is 4.31 Å². The number of carbonyl (C=O) groups is 3. The predicted octanol–water partition coefficient (Wildman–Crippen LogP) is 1.94. The number of sulfonamides is 1. The molecule has 2 aromatic rings. The molecule has 1 saturated heterocycles. The molecule has 1 aliphatic rings. The fourth-order valence-electron chi connectivity index (χ4n) is 2.98. The molecule has 0 spiro atoms. The lowest BCUT2D eigenvalue weighted by Gasteiger charge is -2.26. The van der Waals surface area contributed by atoms with Crippen LogP contribution in [0.5, 0.6) is 0 Å². The van der Waals surface area contributed by atoms with E-state index in [1.807, 2.05) is 0 Å². The van der Waals surface area contributed by atoms with Crippen LogP contribution >= 0.6 is 11.6 Å². The fourth-order valence-corrected chi connectivity index (χ4v) is 4.88. The second-order valence-electron chi connectivity index (χ2n) is 6.85. The van der Waals surface area contributed by atoms with E-state index in [0.717, 1.165) is 0 Å². The lowest BCUT2D eigenvalue weighted by atomic mass is 10.1. The molecule has 176 valence electrons. The zero-order valence-electron chi connectivity index (χ0n) is 17.6. The first-order chi connectivity index (χ1) is 15.7. The van der Waals surface area contributed by atoms with Crippen molar-refractivity contribution in [1.29, 1.82) is 0 Å². The molecular weight excluding hydrogens is 476 g/mol. The van der Waals surface area contributed by atoms with Gasteiger partial charge in [-0.2, -0.15) is 4.31 Å². The average Bonchev–Trinajstić information content (AvgIpc) is 2.83. The fraction of sp³-hybridized carbons (Fsp3) is 0.286. The molecule has 0 radical (unpaired) electrons. The highest BCUT2D eigenvalue weighted by molar-refractivity contribution is 7.89. The SMILES string of the molecule is COC(=O)c1ccc(C(=O)OCC(=O)Nc2ccc(Cl)c(S(=O)(=O)N3CCOCC3)c2)cc1. The zero-order chi connectivity index (χ0) is 24.0. The van der Waals surface area contributed by atoms with Crippen molar-refractivity contribution >= 4 is 45.2 Å². The van der Waals surface area contributed by atoms with E-state index in [1.165, 1.54) is 53.9 Å². The van der Waals surface area contributed by atoms with Gasteiger partial charge >= 0.3 is 11.9 Å². The molecule has 0 unspecified atom stereocenters. The molecule has 1 amide bonds. The van der Waals surface area contributed by atoms with Crippen molar-refractivity contribution in [3.8, 4) is 0 Å². The highest BCUT2D eigenvalue weighted by Crippen LogP contribution is 2.28. The van der Waals surface area contributed by atoms with E-state index >= 15 is 0 Å². The number of halogens is 1. The quantitative estimate of drug-likeness (QED) is 0.576. The number of anilines is 1. The van der Waals surface area contributed by atoms with Crippen molar-refractivity contribution in [3.63, 3.8) is 0 Å². The topological polar surface area (TPSA) is 128 Å². The Hall–Kier alpha value is -2.99. The highest BCUT2D eigenvalue weighted by Gasteiger charge is 2.28. The van der Waals surface area contributed by atoms with E-state index in [4.69, 9.17) is 21.1 Å². The van der Waals surface area contributed by atoms with Gasteiger partial charge in [-0.15, -0.1) is 0 Å². The van der Waals surface area contributed by atoms with Crippen LogP contribution in [0.4, 0.5) is 5.69 Å². The summed E-state index contributed by atoms with van der Waals surface area (Å²) in [6.07, 6.45) is 0. The van der Waals surface area contributed by atoms with Gasteiger partial charge in [0.1, 0.15) is 4.90 Å². The minimum atomic E-state index is -3.87. The van der Waals surface area contributed by atoms with E-state index in [-0.39, 0.29) is 53.0 Å². The number of benzene rings is 2. The van der Waals surface area contributed by atoms with Crippen LogP contribution in [-0.2, 0) is 29.0 Å². The normalized spacial score (nSPS) is 14.4. The third-order valence-electron chi connectivity index (χ3n) is 4.68. The molecule has 2 aromatic carbocycles. The molecule has 10 nitrogen and oxygen atoms in total. The number of esters is 2. The highest BCUT2D eigenvalue weighted by atomic mass is 35.5. The van der Waals surface area contributed by atoms with E-state index in [0.29, 0.717) is 0 Å². The van der Waals surface area contributed by atoms with Gasteiger partial charge in [0.2, 0.25) is 10.0 Å². The van der Waals surface area contributed by atoms with Gasteiger partial charge in [0.25, 0.3) is 5.91 Å². The monoisotopic (exact) mass is 496 g/mol. The summed E-state index contributed by atoms with van der Waals surface area (Å²) in [7, 11) is -2.63. The molecular formula is C21H21ClN2O8S. The summed E-state index contributed by atoms with van der Waals surface area (Å²) in [5.74, 6) is -1.99. The molecule has 1 heterocycles. The molecule has 0 aliphatic carbocycles. The number of carbonyl (C=O) groups excluding carboxylic acids is 3. The summed E-state index contributed by atoms with van der Waals surface area (Å²) in [5, 5.41) is 2.49. The largest absolute Gasteiger partial charge is 0.465 e. The first-order valence-corrected chi connectivity index (χ1v) is 11.6. The van der Waals surface area contributed by atoms with Crippen LogP contribution in [-0.4, -0.2) is 70.6 Å².